The standard InChI is InChI=1S/C11H9ClN2/c1-8-4-2-3-5-9(8)10-11(12)14-7-6-13-10/h2-7H,1H3. The van der Waals surface area contributed by atoms with Gasteiger partial charge in [0.15, 0.2) is 5.15 Å². The van der Waals surface area contributed by atoms with Crippen molar-refractivity contribution in [3.63, 3.8) is 0 Å². The molecule has 0 aliphatic rings. The van der Waals surface area contributed by atoms with Crippen molar-refractivity contribution in [3.05, 3.63) is 47.4 Å². The van der Waals surface area contributed by atoms with Crippen LogP contribution in [0.2, 0.25) is 5.15 Å². The lowest BCUT2D eigenvalue weighted by molar-refractivity contribution is 1.20. The number of hydrogen-bond donors (Lipinski definition) is 0. The van der Waals surface area contributed by atoms with Crippen LogP contribution in [-0.4, -0.2) is 9.97 Å². The van der Waals surface area contributed by atoms with E-state index in [2.05, 4.69) is 9.97 Å². The van der Waals surface area contributed by atoms with Crippen LogP contribution >= 0.6 is 11.6 Å². The van der Waals surface area contributed by atoms with Crippen molar-refractivity contribution in [1.29, 1.82) is 0 Å². The van der Waals surface area contributed by atoms with Crippen molar-refractivity contribution in [3.8, 4) is 11.3 Å². The van der Waals surface area contributed by atoms with Gasteiger partial charge in [-0.05, 0) is 12.5 Å². The Bertz CT molecular complexity index is 411. The monoisotopic (exact) mass is 204 g/mol. The van der Waals surface area contributed by atoms with Crippen LogP contribution in [0.1, 0.15) is 5.56 Å². The minimum Gasteiger partial charge on any atom is -0.251 e. The lowest BCUT2D eigenvalue weighted by atomic mass is 10.1. The van der Waals surface area contributed by atoms with Crippen LogP contribution in [0.3, 0.4) is 0 Å². The second-order valence-electron chi connectivity index (χ2n) is 3.01. The lowest BCUT2D eigenvalue weighted by Crippen LogP contribution is -1.89. The van der Waals surface area contributed by atoms with Gasteiger partial charge in [-0.3, -0.25) is 4.98 Å². The highest BCUT2D eigenvalue weighted by atomic mass is 35.5. The van der Waals surface area contributed by atoms with Crippen LogP contribution in [0.25, 0.3) is 11.3 Å². The highest BCUT2D eigenvalue weighted by Crippen LogP contribution is 2.25. The van der Waals surface area contributed by atoms with Crippen molar-refractivity contribution in [2.75, 3.05) is 0 Å². The SMILES string of the molecule is Cc1ccccc1-c1nccnc1Cl. The van der Waals surface area contributed by atoms with Gasteiger partial charge >= 0.3 is 0 Å². The van der Waals surface area contributed by atoms with Gasteiger partial charge in [0.2, 0.25) is 0 Å². The Morgan fingerprint density at radius 2 is 1.79 bits per heavy atom. The fourth-order valence-electron chi connectivity index (χ4n) is 1.34. The number of rotatable bonds is 1. The normalized spacial score (nSPS) is 10.1. The molecule has 0 fully saturated rings. The summed E-state index contributed by atoms with van der Waals surface area (Å²) >= 11 is 5.96. The smallest absolute Gasteiger partial charge is 0.155 e. The molecule has 0 saturated carbocycles. The minimum absolute atomic E-state index is 0.446. The number of aromatic nitrogens is 2. The molecule has 2 nitrogen and oxygen atoms in total. The van der Waals surface area contributed by atoms with Gasteiger partial charge in [-0.25, -0.2) is 4.98 Å². The zero-order valence-corrected chi connectivity index (χ0v) is 8.49. The van der Waals surface area contributed by atoms with E-state index in [1.807, 2.05) is 31.2 Å². The van der Waals surface area contributed by atoms with Crippen molar-refractivity contribution in [2.45, 2.75) is 6.92 Å². The Labute approximate surface area is 87.6 Å². The maximum atomic E-state index is 5.96. The molecule has 3 heteroatoms. The maximum absolute atomic E-state index is 5.96. The van der Waals surface area contributed by atoms with Gasteiger partial charge in [-0.15, -0.1) is 0 Å². The first-order valence-corrected chi connectivity index (χ1v) is 4.69. The van der Waals surface area contributed by atoms with E-state index < -0.39 is 0 Å². The first-order valence-electron chi connectivity index (χ1n) is 4.31. The predicted octanol–water partition coefficient (Wildman–Crippen LogP) is 3.11. The Morgan fingerprint density at radius 1 is 1.07 bits per heavy atom. The molecule has 0 spiro atoms. The minimum atomic E-state index is 0.446. The van der Waals surface area contributed by atoms with Crippen LogP contribution in [0.5, 0.6) is 0 Å². The van der Waals surface area contributed by atoms with E-state index >= 15 is 0 Å². The highest BCUT2D eigenvalue weighted by molar-refractivity contribution is 6.31. The summed E-state index contributed by atoms with van der Waals surface area (Å²) in [6, 6.07) is 7.97. The zero-order chi connectivity index (χ0) is 9.97. The molecule has 0 unspecified atom stereocenters. The topological polar surface area (TPSA) is 25.8 Å². The number of nitrogens with zero attached hydrogens (tertiary/aromatic N) is 2. The Kier molecular flexibility index (Phi) is 2.46. The van der Waals surface area contributed by atoms with E-state index in [4.69, 9.17) is 11.6 Å². The van der Waals surface area contributed by atoms with E-state index in [0.717, 1.165) is 16.8 Å². The number of halogens is 1. The summed E-state index contributed by atoms with van der Waals surface area (Å²) in [5, 5.41) is 0.446. The van der Waals surface area contributed by atoms with Crippen LogP contribution in [0, 0.1) is 6.92 Å². The van der Waals surface area contributed by atoms with Crippen LogP contribution < -0.4 is 0 Å². The number of aryl methyl sites for hydroxylation is 1. The van der Waals surface area contributed by atoms with Crippen LogP contribution in [0.15, 0.2) is 36.7 Å². The lowest BCUT2D eigenvalue weighted by Gasteiger charge is -2.04. The molecule has 0 bridgehead atoms. The number of hydrogen-bond acceptors (Lipinski definition) is 2. The largest absolute Gasteiger partial charge is 0.251 e. The average molecular weight is 205 g/mol. The van der Waals surface area contributed by atoms with E-state index in [0.29, 0.717) is 5.15 Å². The zero-order valence-electron chi connectivity index (χ0n) is 7.74. The van der Waals surface area contributed by atoms with Gasteiger partial charge in [0.1, 0.15) is 5.69 Å². The molecule has 2 rings (SSSR count). The Hall–Kier alpha value is -1.41. The molecule has 14 heavy (non-hydrogen) atoms. The fourth-order valence-corrected chi connectivity index (χ4v) is 1.55. The Morgan fingerprint density at radius 3 is 2.50 bits per heavy atom. The summed E-state index contributed by atoms with van der Waals surface area (Å²) in [6.07, 6.45) is 3.23. The van der Waals surface area contributed by atoms with E-state index in [9.17, 15) is 0 Å². The highest BCUT2D eigenvalue weighted by Gasteiger charge is 2.06. The van der Waals surface area contributed by atoms with E-state index in [1.54, 1.807) is 12.4 Å². The summed E-state index contributed by atoms with van der Waals surface area (Å²) in [4.78, 5) is 8.21. The molecule has 0 N–H and O–H groups in total. The van der Waals surface area contributed by atoms with Crippen LogP contribution in [-0.2, 0) is 0 Å². The van der Waals surface area contributed by atoms with Gasteiger partial charge in [0.05, 0.1) is 0 Å². The average Bonchev–Trinajstić information content (AvgIpc) is 2.20. The summed E-state index contributed by atoms with van der Waals surface area (Å²) in [5.74, 6) is 0. The molecule has 1 heterocycles. The molecule has 70 valence electrons. The molecule has 0 aliphatic carbocycles. The van der Waals surface area contributed by atoms with Gasteiger partial charge in [0.25, 0.3) is 0 Å². The van der Waals surface area contributed by atoms with Gasteiger partial charge < -0.3 is 0 Å². The second kappa shape index (κ2) is 3.76. The first kappa shape index (κ1) is 9.16. The Balaban J connectivity index is 2.61. The third-order valence-electron chi connectivity index (χ3n) is 2.05. The molecule has 1 aromatic heterocycles. The molecule has 0 atom stereocenters. The molecule has 2 aromatic rings. The predicted molar refractivity (Wildman–Crippen MR) is 57.2 cm³/mol. The van der Waals surface area contributed by atoms with Gasteiger partial charge in [-0.1, -0.05) is 35.9 Å². The molecular formula is C11H9ClN2. The third-order valence-corrected chi connectivity index (χ3v) is 2.33. The molecule has 0 saturated heterocycles. The summed E-state index contributed by atoms with van der Waals surface area (Å²) < 4.78 is 0. The molecule has 0 aliphatic heterocycles. The van der Waals surface area contributed by atoms with Gasteiger partial charge in [0, 0.05) is 18.0 Å². The van der Waals surface area contributed by atoms with Crippen molar-refractivity contribution in [2.24, 2.45) is 0 Å². The third kappa shape index (κ3) is 1.61. The van der Waals surface area contributed by atoms with Gasteiger partial charge in [-0.2, -0.15) is 0 Å². The summed E-state index contributed by atoms with van der Waals surface area (Å²) in [6.45, 7) is 2.03. The van der Waals surface area contributed by atoms with E-state index in [1.165, 1.54) is 0 Å². The molecule has 1 aromatic carbocycles. The molecular weight excluding hydrogens is 196 g/mol. The van der Waals surface area contributed by atoms with E-state index in [-0.39, 0.29) is 0 Å². The summed E-state index contributed by atoms with van der Waals surface area (Å²) in [7, 11) is 0. The van der Waals surface area contributed by atoms with Crippen molar-refractivity contribution < 1.29 is 0 Å². The van der Waals surface area contributed by atoms with Crippen LogP contribution in [0.4, 0.5) is 0 Å². The number of benzene rings is 1. The first-order chi connectivity index (χ1) is 6.79. The summed E-state index contributed by atoms with van der Waals surface area (Å²) in [5.41, 5.74) is 2.92. The quantitative estimate of drug-likeness (QED) is 0.714. The van der Waals surface area contributed by atoms with Crippen molar-refractivity contribution >= 4 is 11.6 Å². The molecule has 0 amide bonds. The maximum Gasteiger partial charge on any atom is 0.155 e. The second-order valence-corrected chi connectivity index (χ2v) is 3.37. The van der Waals surface area contributed by atoms with Crippen molar-refractivity contribution in [1.82, 2.24) is 9.97 Å². The molecule has 0 radical (unpaired) electrons. The fraction of sp³-hybridized carbons (Fsp3) is 0.0909.